The molecule has 0 atom stereocenters. The van der Waals surface area contributed by atoms with Gasteiger partial charge in [-0.3, -0.25) is 4.79 Å². The van der Waals surface area contributed by atoms with Gasteiger partial charge in [0.25, 0.3) is 0 Å². The predicted molar refractivity (Wildman–Crippen MR) is 42.1 cm³/mol. The van der Waals surface area contributed by atoms with Gasteiger partial charge < -0.3 is 0 Å². The summed E-state index contributed by atoms with van der Waals surface area (Å²) in [4.78, 5) is 11.2. The van der Waals surface area contributed by atoms with Crippen molar-refractivity contribution in [3.05, 3.63) is 0 Å². The Morgan fingerprint density at radius 3 is 1.67 bits per heavy atom. The molecular formula is C9H14F2O. The Balaban J connectivity index is 3.14. The first-order valence-electron chi connectivity index (χ1n) is 4.04. The fourth-order valence-electron chi connectivity index (χ4n) is 1.62. The first kappa shape index (κ1) is 9.62. The summed E-state index contributed by atoms with van der Waals surface area (Å²) in [6.07, 6.45) is -0.328. The topological polar surface area (TPSA) is 17.1 Å². The van der Waals surface area contributed by atoms with Crippen molar-refractivity contribution in [3.63, 3.8) is 0 Å². The molecule has 0 aliphatic heterocycles. The molecule has 1 aliphatic carbocycles. The second-order valence-electron chi connectivity index (χ2n) is 4.72. The molecule has 0 radical (unpaired) electrons. The molecule has 0 aromatic carbocycles. The zero-order valence-corrected chi connectivity index (χ0v) is 7.87. The van der Waals surface area contributed by atoms with Gasteiger partial charge in [0.05, 0.1) is 0 Å². The molecule has 70 valence electrons. The molecule has 1 rings (SSSR count). The minimum absolute atomic E-state index is 0.328. The average Bonchev–Trinajstić information content (AvgIpc) is 1.90. The number of hydrogen-bond donors (Lipinski definition) is 0. The van der Waals surface area contributed by atoms with E-state index in [0.29, 0.717) is 0 Å². The molecular weight excluding hydrogens is 162 g/mol. The molecule has 0 aromatic heterocycles. The van der Waals surface area contributed by atoms with E-state index in [1.54, 1.807) is 27.7 Å². The number of rotatable bonds is 0. The van der Waals surface area contributed by atoms with Crippen LogP contribution >= 0.6 is 0 Å². The molecule has 0 aromatic rings. The Bertz CT molecular complexity index is 229. The van der Waals surface area contributed by atoms with Gasteiger partial charge in [-0.1, -0.05) is 27.7 Å². The summed E-state index contributed by atoms with van der Waals surface area (Å²) in [6, 6.07) is 0. The van der Waals surface area contributed by atoms with Crippen LogP contribution in [0, 0.1) is 10.8 Å². The van der Waals surface area contributed by atoms with E-state index in [-0.39, 0.29) is 6.42 Å². The molecule has 1 nitrogen and oxygen atoms in total. The maximum atomic E-state index is 13.0. The largest absolute Gasteiger partial charge is 0.306 e. The minimum atomic E-state index is -3.12. The number of hydrogen-bond acceptors (Lipinski definition) is 1. The van der Waals surface area contributed by atoms with Crippen molar-refractivity contribution in [2.75, 3.05) is 0 Å². The number of carbonyl (C=O) groups is 1. The molecule has 0 heterocycles. The molecule has 0 spiro atoms. The van der Waals surface area contributed by atoms with Crippen LogP contribution in [0.1, 0.15) is 34.1 Å². The van der Waals surface area contributed by atoms with Crippen molar-refractivity contribution >= 4 is 5.78 Å². The SMILES string of the molecule is CC1(C)CC(F)(F)C(=O)C1(C)C. The van der Waals surface area contributed by atoms with Crippen molar-refractivity contribution in [1.29, 1.82) is 0 Å². The molecule has 1 fully saturated rings. The van der Waals surface area contributed by atoms with Crippen LogP contribution in [0.4, 0.5) is 8.78 Å². The first-order valence-corrected chi connectivity index (χ1v) is 4.04. The second kappa shape index (κ2) is 2.06. The van der Waals surface area contributed by atoms with Crippen molar-refractivity contribution in [3.8, 4) is 0 Å². The first-order chi connectivity index (χ1) is 5.11. The van der Waals surface area contributed by atoms with E-state index in [1.807, 2.05) is 0 Å². The van der Waals surface area contributed by atoms with Gasteiger partial charge in [0.1, 0.15) is 0 Å². The van der Waals surface area contributed by atoms with Gasteiger partial charge in [0, 0.05) is 11.8 Å². The maximum absolute atomic E-state index is 13.0. The molecule has 1 saturated carbocycles. The molecule has 0 N–H and O–H groups in total. The lowest BCUT2D eigenvalue weighted by atomic mass is 9.70. The molecule has 12 heavy (non-hydrogen) atoms. The van der Waals surface area contributed by atoms with Gasteiger partial charge in [-0.15, -0.1) is 0 Å². The van der Waals surface area contributed by atoms with Crippen LogP contribution in [-0.2, 0) is 4.79 Å². The number of halogens is 2. The Morgan fingerprint density at radius 1 is 1.17 bits per heavy atom. The fourth-order valence-corrected chi connectivity index (χ4v) is 1.62. The van der Waals surface area contributed by atoms with Crippen LogP contribution in [0.5, 0.6) is 0 Å². The highest BCUT2D eigenvalue weighted by Gasteiger charge is 2.63. The molecule has 0 saturated heterocycles. The lowest BCUT2D eigenvalue weighted by molar-refractivity contribution is -0.144. The Morgan fingerprint density at radius 2 is 1.58 bits per heavy atom. The number of alkyl halides is 2. The van der Waals surface area contributed by atoms with E-state index in [9.17, 15) is 13.6 Å². The molecule has 0 amide bonds. The number of ketones is 1. The summed E-state index contributed by atoms with van der Waals surface area (Å²) in [6.45, 7) is 6.62. The summed E-state index contributed by atoms with van der Waals surface area (Å²) in [7, 11) is 0. The Hall–Kier alpha value is -0.470. The summed E-state index contributed by atoms with van der Waals surface area (Å²) < 4.78 is 26.0. The van der Waals surface area contributed by atoms with Crippen LogP contribution < -0.4 is 0 Å². The van der Waals surface area contributed by atoms with E-state index >= 15 is 0 Å². The lowest BCUT2D eigenvalue weighted by Gasteiger charge is -2.31. The molecule has 0 unspecified atom stereocenters. The van der Waals surface area contributed by atoms with E-state index in [2.05, 4.69) is 0 Å². The quantitative estimate of drug-likeness (QED) is 0.554. The predicted octanol–water partition coefficient (Wildman–Crippen LogP) is 2.65. The number of carbonyl (C=O) groups excluding carboxylic acids is 1. The van der Waals surface area contributed by atoms with Crippen molar-refractivity contribution in [2.45, 2.75) is 40.0 Å². The Kier molecular flexibility index (Phi) is 1.65. The fraction of sp³-hybridized carbons (Fsp3) is 0.889. The third-order valence-electron chi connectivity index (χ3n) is 3.26. The molecule has 1 aliphatic rings. The van der Waals surface area contributed by atoms with Crippen LogP contribution in [-0.4, -0.2) is 11.7 Å². The van der Waals surface area contributed by atoms with Gasteiger partial charge in [-0.2, -0.15) is 8.78 Å². The third kappa shape index (κ3) is 0.985. The van der Waals surface area contributed by atoms with Crippen LogP contribution in [0.25, 0.3) is 0 Å². The summed E-state index contributed by atoms with van der Waals surface area (Å²) in [5, 5.41) is 0. The highest BCUT2D eigenvalue weighted by Crippen LogP contribution is 2.55. The van der Waals surface area contributed by atoms with Gasteiger partial charge in [0.15, 0.2) is 0 Å². The van der Waals surface area contributed by atoms with Crippen molar-refractivity contribution in [1.82, 2.24) is 0 Å². The highest BCUT2D eigenvalue weighted by atomic mass is 19.3. The van der Waals surface area contributed by atoms with E-state index < -0.39 is 22.5 Å². The average molecular weight is 176 g/mol. The standard InChI is InChI=1S/C9H14F2O/c1-7(2)5-9(10,11)6(12)8(7,3)4/h5H2,1-4H3. The zero-order valence-electron chi connectivity index (χ0n) is 7.87. The van der Waals surface area contributed by atoms with Crippen LogP contribution in [0.15, 0.2) is 0 Å². The van der Waals surface area contributed by atoms with Gasteiger partial charge in [-0.25, -0.2) is 0 Å². The summed E-state index contributed by atoms with van der Waals surface area (Å²) in [5.41, 5.74) is -1.51. The number of Topliss-reactive ketones (excluding diaryl/α,β-unsaturated/α-hetero) is 1. The second-order valence-corrected chi connectivity index (χ2v) is 4.72. The van der Waals surface area contributed by atoms with Gasteiger partial charge in [0.2, 0.25) is 5.78 Å². The molecule has 0 bridgehead atoms. The Labute approximate surface area is 71.1 Å². The van der Waals surface area contributed by atoms with E-state index in [1.165, 1.54) is 0 Å². The monoisotopic (exact) mass is 176 g/mol. The van der Waals surface area contributed by atoms with E-state index in [4.69, 9.17) is 0 Å². The highest BCUT2D eigenvalue weighted by molar-refractivity contribution is 5.93. The zero-order chi connectivity index (χ0) is 9.78. The van der Waals surface area contributed by atoms with Gasteiger partial charge in [-0.05, 0) is 5.41 Å². The summed E-state index contributed by atoms with van der Waals surface area (Å²) >= 11 is 0. The smallest absolute Gasteiger partial charge is 0.292 e. The van der Waals surface area contributed by atoms with Crippen molar-refractivity contribution < 1.29 is 13.6 Å². The van der Waals surface area contributed by atoms with Gasteiger partial charge >= 0.3 is 5.92 Å². The molecule has 3 heteroatoms. The third-order valence-corrected chi connectivity index (χ3v) is 3.26. The minimum Gasteiger partial charge on any atom is -0.292 e. The maximum Gasteiger partial charge on any atom is 0.306 e. The van der Waals surface area contributed by atoms with Crippen molar-refractivity contribution in [2.24, 2.45) is 10.8 Å². The lowest BCUT2D eigenvalue weighted by Crippen LogP contribution is -2.34. The summed E-state index contributed by atoms with van der Waals surface area (Å²) in [5.74, 6) is -4.03. The van der Waals surface area contributed by atoms with E-state index in [0.717, 1.165) is 0 Å². The normalized spacial score (nSPS) is 30.7. The van der Waals surface area contributed by atoms with Crippen LogP contribution in [0.2, 0.25) is 0 Å². The van der Waals surface area contributed by atoms with Crippen LogP contribution in [0.3, 0.4) is 0 Å².